The molecule has 0 saturated heterocycles. The second-order valence-corrected chi connectivity index (χ2v) is 5.73. The molecule has 0 fully saturated rings. The summed E-state index contributed by atoms with van der Waals surface area (Å²) in [6.07, 6.45) is 2.86. The van der Waals surface area contributed by atoms with Crippen LogP contribution in [0.2, 0.25) is 10.0 Å². The monoisotopic (exact) mass is 350 g/mol. The van der Waals surface area contributed by atoms with Crippen LogP contribution in [0.3, 0.4) is 0 Å². The lowest BCUT2D eigenvalue weighted by atomic mass is 10.2. The van der Waals surface area contributed by atoms with Crippen LogP contribution in [0.1, 0.15) is 17.0 Å². The van der Waals surface area contributed by atoms with Gasteiger partial charge in [0.1, 0.15) is 12.1 Å². The minimum Gasteiger partial charge on any atom is -0.506 e. The molecule has 9 heteroatoms. The van der Waals surface area contributed by atoms with Crippen molar-refractivity contribution in [2.75, 3.05) is 0 Å². The van der Waals surface area contributed by atoms with Crippen molar-refractivity contribution >= 4 is 29.4 Å². The molecule has 0 radical (unpaired) electrons. The van der Waals surface area contributed by atoms with Crippen LogP contribution in [0.4, 0.5) is 0 Å². The number of halogens is 2. The van der Waals surface area contributed by atoms with E-state index < -0.39 is 0 Å². The Morgan fingerprint density at radius 1 is 1.22 bits per heavy atom. The summed E-state index contributed by atoms with van der Waals surface area (Å²) in [6.45, 7) is 3.80. The molecular formula is C14H12Cl2N6O. The number of rotatable bonds is 3. The van der Waals surface area contributed by atoms with Crippen molar-refractivity contribution in [1.82, 2.24) is 24.7 Å². The fourth-order valence-corrected chi connectivity index (χ4v) is 2.59. The molecule has 23 heavy (non-hydrogen) atoms. The van der Waals surface area contributed by atoms with E-state index in [2.05, 4.69) is 20.4 Å². The first-order valence-corrected chi connectivity index (χ1v) is 7.37. The molecule has 2 aromatic heterocycles. The smallest absolute Gasteiger partial charge is 0.273 e. The molecule has 0 unspecified atom stereocenters. The summed E-state index contributed by atoms with van der Waals surface area (Å²) >= 11 is 11.8. The molecule has 2 heterocycles. The lowest BCUT2D eigenvalue weighted by molar-refractivity contribution is 0.474. The van der Waals surface area contributed by atoms with Crippen LogP contribution in [-0.2, 0) is 0 Å². The predicted octanol–water partition coefficient (Wildman–Crippen LogP) is 2.98. The zero-order valence-electron chi connectivity index (χ0n) is 12.3. The zero-order valence-corrected chi connectivity index (χ0v) is 13.8. The van der Waals surface area contributed by atoms with Gasteiger partial charge in [0, 0.05) is 16.3 Å². The minimum atomic E-state index is -0.0967. The molecule has 7 nitrogen and oxygen atoms in total. The van der Waals surface area contributed by atoms with Crippen LogP contribution >= 0.6 is 23.2 Å². The normalized spacial score (nSPS) is 11.5. The Labute approximate surface area is 141 Å². The first-order valence-electron chi connectivity index (χ1n) is 6.61. The van der Waals surface area contributed by atoms with Gasteiger partial charge >= 0.3 is 0 Å². The molecule has 3 rings (SSSR count). The van der Waals surface area contributed by atoms with Gasteiger partial charge in [-0.25, -0.2) is 4.68 Å². The number of hydrogen-bond acceptors (Lipinski definition) is 5. The van der Waals surface area contributed by atoms with Crippen LogP contribution in [-0.4, -0.2) is 36.0 Å². The molecule has 1 aromatic carbocycles. The molecule has 0 aliphatic carbocycles. The Hall–Kier alpha value is -2.38. The third kappa shape index (κ3) is 3.06. The second kappa shape index (κ2) is 6.02. The maximum atomic E-state index is 9.94. The third-order valence-electron chi connectivity index (χ3n) is 3.09. The third-order valence-corrected chi connectivity index (χ3v) is 3.60. The van der Waals surface area contributed by atoms with E-state index in [0.717, 1.165) is 11.4 Å². The minimum absolute atomic E-state index is 0.0967. The van der Waals surface area contributed by atoms with E-state index >= 15 is 0 Å². The quantitative estimate of drug-likeness (QED) is 0.736. The van der Waals surface area contributed by atoms with Crippen molar-refractivity contribution in [2.45, 2.75) is 13.8 Å². The summed E-state index contributed by atoms with van der Waals surface area (Å²) in [5, 5.41) is 26.9. The van der Waals surface area contributed by atoms with Gasteiger partial charge in [0.25, 0.3) is 5.95 Å². The van der Waals surface area contributed by atoms with Gasteiger partial charge in [-0.2, -0.15) is 14.9 Å². The first-order chi connectivity index (χ1) is 11.0. The maximum absolute atomic E-state index is 9.94. The molecular weight excluding hydrogens is 339 g/mol. The topological polar surface area (TPSA) is 81.1 Å². The largest absolute Gasteiger partial charge is 0.506 e. The van der Waals surface area contributed by atoms with E-state index in [1.807, 2.05) is 19.9 Å². The lowest BCUT2D eigenvalue weighted by Gasteiger charge is -2.04. The van der Waals surface area contributed by atoms with Gasteiger partial charge in [-0.1, -0.05) is 23.2 Å². The standard InChI is InChI=1S/C14H12Cl2N6O/c1-8-3-9(2)22(20-8)14-19-17-7-21(14)18-6-10-4-11(15)5-12(16)13(10)23/h3-7,23H,1-2H3/b18-6+. The number of aromatic nitrogens is 5. The summed E-state index contributed by atoms with van der Waals surface area (Å²) in [5.74, 6) is 0.333. The SMILES string of the molecule is Cc1cc(C)n(-c2nncn2/N=C/c2cc(Cl)cc(Cl)c2O)n1. The van der Waals surface area contributed by atoms with E-state index in [9.17, 15) is 5.11 Å². The van der Waals surface area contributed by atoms with Crippen LogP contribution in [0.5, 0.6) is 5.75 Å². The fraction of sp³-hybridized carbons (Fsp3) is 0.143. The first kappa shape index (κ1) is 15.5. The van der Waals surface area contributed by atoms with Gasteiger partial charge in [0.2, 0.25) is 0 Å². The highest BCUT2D eigenvalue weighted by molar-refractivity contribution is 6.36. The van der Waals surface area contributed by atoms with Gasteiger partial charge in [0.05, 0.1) is 16.9 Å². The van der Waals surface area contributed by atoms with E-state index in [0.29, 0.717) is 16.5 Å². The Kier molecular flexibility index (Phi) is 4.06. The number of phenolic OH excluding ortho intramolecular Hbond substituents is 1. The molecule has 0 aliphatic heterocycles. The van der Waals surface area contributed by atoms with E-state index in [1.54, 1.807) is 10.7 Å². The summed E-state index contributed by atoms with van der Waals surface area (Å²) in [6, 6.07) is 4.93. The molecule has 0 bridgehead atoms. The lowest BCUT2D eigenvalue weighted by Crippen LogP contribution is -2.06. The van der Waals surface area contributed by atoms with Gasteiger partial charge in [-0.05, 0) is 32.0 Å². The van der Waals surface area contributed by atoms with Crippen molar-refractivity contribution in [1.29, 1.82) is 0 Å². The Morgan fingerprint density at radius 2 is 2.00 bits per heavy atom. The maximum Gasteiger partial charge on any atom is 0.273 e. The Balaban J connectivity index is 1.99. The molecule has 1 N–H and O–H groups in total. The zero-order chi connectivity index (χ0) is 16.6. The van der Waals surface area contributed by atoms with Crippen molar-refractivity contribution in [3.8, 4) is 11.7 Å². The Bertz CT molecular complexity index is 899. The van der Waals surface area contributed by atoms with Crippen molar-refractivity contribution in [3.63, 3.8) is 0 Å². The molecule has 0 saturated carbocycles. The van der Waals surface area contributed by atoms with Crippen molar-refractivity contribution in [2.24, 2.45) is 5.10 Å². The van der Waals surface area contributed by atoms with Gasteiger partial charge in [0.15, 0.2) is 0 Å². The highest BCUT2D eigenvalue weighted by atomic mass is 35.5. The number of hydrogen-bond donors (Lipinski definition) is 1. The van der Waals surface area contributed by atoms with Crippen LogP contribution < -0.4 is 0 Å². The summed E-state index contributed by atoms with van der Waals surface area (Å²) < 4.78 is 3.07. The Morgan fingerprint density at radius 3 is 2.70 bits per heavy atom. The molecule has 118 valence electrons. The van der Waals surface area contributed by atoms with Crippen LogP contribution in [0.25, 0.3) is 5.95 Å². The highest BCUT2D eigenvalue weighted by Gasteiger charge is 2.11. The number of aromatic hydroxyl groups is 1. The summed E-state index contributed by atoms with van der Waals surface area (Å²) in [5.41, 5.74) is 2.15. The summed E-state index contributed by atoms with van der Waals surface area (Å²) in [4.78, 5) is 0. The van der Waals surface area contributed by atoms with Crippen molar-refractivity contribution in [3.05, 3.63) is 51.5 Å². The van der Waals surface area contributed by atoms with E-state index in [4.69, 9.17) is 23.2 Å². The number of nitrogens with zero attached hydrogens (tertiary/aromatic N) is 6. The predicted molar refractivity (Wildman–Crippen MR) is 87.7 cm³/mol. The molecule has 3 aromatic rings. The van der Waals surface area contributed by atoms with E-state index in [-0.39, 0.29) is 10.8 Å². The van der Waals surface area contributed by atoms with Gasteiger partial charge in [-0.3, -0.25) is 0 Å². The van der Waals surface area contributed by atoms with Gasteiger partial charge in [-0.15, -0.1) is 10.2 Å². The summed E-state index contributed by atoms with van der Waals surface area (Å²) in [7, 11) is 0. The van der Waals surface area contributed by atoms with E-state index in [1.165, 1.54) is 23.3 Å². The number of phenols is 1. The highest BCUT2D eigenvalue weighted by Crippen LogP contribution is 2.30. The second-order valence-electron chi connectivity index (χ2n) is 4.88. The van der Waals surface area contributed by atoms with Gasteiger partial charge < -0.3 is 5.11 Å². The average molecular weight is 351 g/mol. The molecule has 0 aliphatic rings. The molecule has 0 atom stereocenters. The average Bonchev–Trinajstić information content (AvgIpc) is 3.07. The van der Waals surface area contributed by atoms with Crippen LogP contribution in [0, 0.1) is 13.8 Å². The number of aryl methyl sites for hydroxylation is 2. The van der Waals surface area contributed by atoms with Crippen LogP contribution in [0.15, 0.2) is 29.6 Å². The molecule has 0 spiro atoms. The molecule has 0 amide bonds. The fourth-order valence-electron chi connectivity index (χ4n) is 2.08. The van der Waals surface area contributed by atoms with Crippen molar-refractivity contribution < 1.29 is 5.11 Å². The number of benzene rings is 1.